The van der Waals surface area contributed by atoms with Gasteiger partial charge in [0.1, 0.15) is 18.1 Å². The van der Waals surface area contributed by atoms with E-state index in [2.05, 4.69) is 33.2 Å². The minimum absolute atomic E-state index is 0.0199. The normalized spacial score (nSPS) is 13.1. The summed E-state index contributed by atoms with van der Waals surface area (Å²) in [5.74, 6) is -8.09. The van der Waals surface area contributed by atoms with Crippen molar-refractivity contribution in [3.63, 3.8) is 0 Å². The Morgan fingerprint density at radius 3 is 1.76 bits per heavy atom. The molecule has 0 aromatic rings. The summed E-state index contributed by atoms with van der Waals surface area (Å²) in [6.07, 6.45) is 10.3. The second-order valence-corrected chi connectivity index (χ2v) is 13.7. The van der Waals surface area contributed by atoms with E-state index in [9.17, 15) is 43.8 Å². The number of nitrogens with one attached hydrogen (secondary N) is 4. The number of aliphatic carboxylic acids is 2. The molecule has 0 radical (unpaired) electrons. The molecule has 0 heterocycles. The number of carboxylic acids is 2. The highest BCUT2D eigenvalue weighted by molar-refractivity contribution is 5.96. The molecule has 0 aromatic carbocycles. The number of ether oxygens (including phenoxy) is 2. The third-order valence-electron chi connectivity index (χ3n) is 8.30. The van der Waals surface area contributed by atoms with E-state index in [1.165, 1.54) is 32.1 Å². The highest BCUT2D eigenvalue weighted by Gasteiger charge is 2.33. The van der Waals surface area contributed by atoms with E-state index in [1.54, 1.807) is 13.8 Å². The van der Waals surface area contributed by atoms with Crippen LogP contribution >= 0.6 is 0 Å². The van der Waals surface area contributed by atoms with Gasteiger partial charge in [-0.25, -0.2) is 4.79 Å². The average Bonchev–Trinajstić information content (AvgIpc) is 3.11. The van der Waals surface area contributed by atoms with Crippen molar-refractivity contribution in [2.24, 2.45) is 28.1 Å². The predicted octanol–water partition coefficient (Wildman–Crippen LogP) is 0.414. The maximum Gasteiger partial charge on any atom is 0.329 e. The lowest BCUT2D eigenvalue weighted by Crippen LogP contribution is -2.58. The van der Waals surface area contributed by atoms with Gasteiger partial charge in [-0.2, -0.15) is 0 Å². The SMILES string of the molecule is CCCCCCCCOCCCCCCCOC(=O)[C@H](CC(=O)O)NC(=O)[C@@H](NC(=O)[C@H](CC(=O)O)NC(=O)CNC(=O)[C@@H](N)CCCN=C(N)N)C(C)C. The van der Waals surface area contributed by atoms with E-state index in [-0.39, 0.29) is 25.5 Å². The molecule has 0 bridgehead atoms. The van der Waals surface area contributed by atoms with Crippen molar-refractivity contribution in [3.05, 3.63) is 0 Å². The Kier molecular flexibility index (Phi) is 28.2. The minimum Gasteiger partial charge on any atom is -0.481 e. The van der Waals surface area contributed by atoms with Crippen LogP contribution in [0.3, 0.4) is 0 Å². The van der Waals surface area contributed by atoms with Gasteiger partial charge in [0.05, 0.1) is 32.0 Å². The number of esters is 1. The molecule has 0 unspecified atom stereocenters. The number of aliphatic imine (C=N–C) groups is 1. The van der Waals surface area contributed by atoms with Crippen LogP contribution in [0.1, 0.15) is 117 Å². The van der Waals surface area contributed by atoms with E-state index in [0.717, 1.165) is 38.7 Å². The van der Waals surface area contributed by atoms with Gasteiger partial charge in [-0.05, 0) is 38.0 Å². The van der Waals surface area contributed by atoms with Crippen LogP contribution < -0.4 is 38.5 Å². The van der Waals surface area contributed by atoms with E-state index in [1.807, 2.05) is 0 Å². The van der Waals surface area contributed by atoms with Gasteiger partial charge in [-0.15, -0.1) is 0 Å². The Labute approximate surface area is 324 Å². The van der Waals surface area contributed by atoms with Crippen molar-refractivity contribution in [2.75, 3.05) is 32.9 Å². The van der Waals surface area contributed by atoms with Crippen LogP contribution in [0.15, 0.2) is 4.99 Å². The molecule has 0 saturated heterocycles. The molecule has 55 heavy (non-hydrogen) atoms. The molecular weight excluding hydrogens is 720 g/mol. The van der Waals surface area contributed by atoms with Gasteiger partial charge in [0.25, 0.3) is 0 Å². The van der Waals surface area contributed by atoms with Crippen LogP contribution in [0.4, 0.5) is 0 Å². The molecule has 316 valence electrons. The number of nitrogens with two attached hydrogens (primary N) is 3. The zero-order chi connectivity index (χ0) is 41.6. The van der Waals surface area contributed by atoms with Gasteiger partial charge in [0, 0.05) is 19.8 Å². The number of unbranched alkanes of at least 4 members (excludes halogenated alkanes) is 9. The molecule has 19 heteroatoms. The number of hydrogen-bond donors (Lipinski definition) is 9. The summed E-state index contributed by atoms with van der Waals surface area (Å²) >= 11 is 0. The van der Waals surface area contributed by atoms with Crippen LogP contribution in [0, 0.1) is 5.92 Å². The standard InChI is InChI=1S/C36H66N8O11/c1-4-5-6-7-9-12-18-54-19-13-10-8-11-14-20-55-35(53)27(22-30(48)49)43-34(52)31(24(2)3)44-33(51)26(21-29(46)47)42-28(45)23-41-32(50)25(37)16-15-17-40-36(38)39/h24-27,31H,4-23,37H2,1-3H3,(H,41,50)(H,42,45)(H,43,52)(H,44,51)(H,46,47)(H,48,49)(H4,38,39,40)/t25-,26-,27-,31-/m0/s1. The molecule has 0 fully saturated rings. The number of nitrogens with zero attached hydrogens (tertiary/aromatic N) is 1. The molecule has 0 aliphatic carbocycles. The molecule has 0 saturated carbocycles. The van der Waals surface area contributed by atoms with Crippen LogP contribution in [0.5, 0.6) is 0 Å². The largest absolute Gasteiger partial charge is 0.481 e. The van der Waals surface area contributed by atoms with E-state index < -0.39 is 91.0 Å². The fourth-order valence-corrected chi connectivity index (χ4v) is 5.19. The van der Waals surface area contributed by atoms with Crippen LogP contribution in [-0.4, -0.2) is 115 Å². The maximum absolute atomic E-state index is 13.2. The Morgan fingerprint density at radius 1 is 0.673 bits per heavy atom. The quantitative estimate of drug-likeness (QED) is 0.0188. The van der Waals surface area contributed by atoms with Crippen molar-refractivity contribution in [2.45, 2.75) is 141 Å². The highest BCUT2D eigenvalue weighted by atomic mass is 16.5. The van der Waals surface area contributed by atoms with Gasteiger partial charge >= 0.3 is 17.9 Å². The third kappa shape index (κ3) is 26.8. The topological polar surface area (TPSA) is 317 Å². The first-order valence-electron chi connectivity index (χ1n) is 19.3. The molecule has 0 aliphatic rings. The Hall–Kier alpha value is -4.52. The fourth-order valence-electron chi connectivity index (χ4n) is 5.19. The lowest BCUT2D eigenvalue weighted by Gasteiger charge is -2.26. The second-order valence-electron chi connectivity index (χ2n) is 13.7. The number of guanidine groups is 1. The summed E-state index contributed by atoms with van der Waals surface area (Å²) < 4.78 is 10.9. The summed E-state index contributed by atoms with van der Waals surface area (Å²) in [7, 11) is 0. The first kappa shape index (κ1) is 50.5. The van der Waals surface area contributed by atoms with E-state index >= 15 is 0 Å². The molecule has 0 aromatic heterocycles. The number of amides is 4. The van der Waals surface area contributed by atoms with E-state index in [0.29, 0.717) is 19.4 Å². The summed E-state index contributed by atoms with van der Waals surface area (Å²) in [6, 6.07) is -5.59. The van der Waals surface area contributed by atoms with Crippen molar-refractivity contribution in [3.8, 4) is 0 Å². The van der Waals surface area contributed by atoms with Gasteiger partial charge in [0.15, 0.2) is 5.96 Å². The predicted molar refractivity (Wildman–Crippen MR) is 204 cm³/mol. The Balaban J connectivity index is 4.96. The smallest absolute Gasteiger partial charge is 0.329 e. The number of rotatable bonds is 33. The first-order chi connectivity index (χ1) is 26.1. The Morgan fingerprint density at radius 2 is 1.22 bits per heavy atom. The molecule has 0 aliphatic heterocycles. The maximum atomic E-state index is 13.2. The first-order valence-corrected chi connectivity index (χ1v) is 19.3. The minimum atomic E-state index is -1.67. The molecular formula is C36H66N8O11. The summed E-state index contributed by atoms with van der Waals surface area (Å²) in [4.78, 5) is 90.8. The fraction of sp³-hybridized carbons (Fsp3) is 0.778. The third-order valence-corrected chi connectivity index (χ3v) is 8.30. The lowest BCUT2D eigenvalue weighted by molar-refractivity contribution is -0.152. The summed E-state index contributed by atoms with van der Waals surface area (Å²) in [5, 5.41) is 27.9. The molecule has 4 atom stereocenters. The van der Waals surface area contributed by atoms with Crippen molar-refractivity contribution < 1.29 is 53.2 Å². The number of carbonyl (C=O) groups excluding carboxylic acids is 5. The van der Waals surface area contributed by atoms with Gasteiger partial charge < -0.3 is 58.2 Å². The molecule has 0 rings (SSSR count). The van der Waals surface area contributed by atoms with Crippen molar-refractivity contribution in [1.82, 2.24) is 21.3 Å². The zero-order valence-electron chi connectivity index (χ0n) is 32.8. The molecule has 0 spiro atoms. The van der Waals surface area contributed by atoms with Crippen LogP contribution in [0.2, 0.25) is 0 Å². The highest BCUT2D eigenvalue weighted by Crippen LogP contribution is 2.09. The number of carboxylic acid groups (broad SMARTS) is 2. The Bertz CT molecular complexity index is 1210. The lowest BCUT2D eigenvalue weighted by atomic mass is 10.0. The molecule has 19 nitrogen and oxygen atoms in total. The van der Waals surface area contributed by atoms with Gasteiger partial charge in [-0.3, -0.25) is 33.8 Å². The summed E-state index contributed by atoms with van der Waals surface area (Å²) in [6.45, 7) is 6.40. The van der Waals surface area contributed by atoms with Crippen molar-refractivity contribution in [1.29, 1.82) is 0 Å². The van der Waals surface area contributed by atoms with Gasteiger partial charge in [0.2, 0.25) is 23.6 Å². The number of carbonyl (C=O) groups is 7. The van der Waals surface area contributed by atoms with Crippen LogP contribution in [0.25, 0.3) is 0 Å². The molecule has 12 N–H and O–H groups in total. The molecule has 4 amide bonds. The summed E-state index contributed by atoms with van der Waals surface area (Å²) in [5.41, 5.74) is 16.3. The van der Waals surface area contributed by atoms with Crippen LogP contribution in [-0.2, 0) is 43.0 Å². The monoisotopic (exact) mass is 786 g/mol. The number of hydrogen-bond acceptors (Lipinski definition) is 11. The second kappa shape index (κ2) is 30.8. The van der Waals surface area contributed by atoms with Crippen molar-refractivity contribution >= 4 is 47.5 Å². The average molecular weight is 787 g/mol. The van der Waals surface area contributed by atoms with E-state index in [4.69, 9.17) is 26.7 Å². The van der Waals surface area contributed by atoms with Gasteiger partial charge in [-0.1, -0.05) is 72.1 Å². The zero-order valence-corrected chi connectivity index (χ0v) is 32.8.